The van der Waals surface area contributed by atoms with Gasteiger partial charge in [-0.3, -0.25) is 0 Å². The van der Waals surface area contributed by atoms with Crippen molar-refractivity contribution < 1.29 is 16.0 Å². The first-order valence-electron chi connectivity index (χ1n) is 14.1. The molecule has 0 amide bonds. The predicted molar refractivity (Wildman–Crippen MR) is 153 cm³/mol. The zero-order valence-electron chi connectivity index (χ0n) is 23.1. The fourth-order valence-electron chi connectivity index (χ4n) is 7.96. The Morgan fingerprint density at radius 2 is 1.03 bits per heavy atom. The van der Waals surface area contributed by atoms with Gasteiger partial charge in [0.25, 0.3) is 0 Å². The van der Waals surface area contributed by atoms with Crippen LogP contribution in [0.1, 0.15) is 95.8 Å². The Labute approximate surface area is 212 Å². The predicted octanol–water partition coefficient (Wildman–Crippen LogP) is 10.2. The Kier molecular flexibility index (Phi) is 7.77. The maximum absolute atomic E-state index is 3.60. The second-order valence-electron chi connectivity index (χ2n) is 12.1. The van der Waals surface area contributed by atoms with Crippen molar-refractivity contribution in [2.45, 2.75) is 94.4 Å². The fraction of sp³-hybridized carbons (Fsp3) is 0.500. The molecule has 2 aromatic carbocycles. The molecular formula is C32H47GeHf. The summed E-state index contributed by atoms with van der Waals surface area (Å²) in [7, 11) is -1.59. The third-order valence-corrected chi connectivity index (χ3v) is 115. The van der Waals surface area contributed by atoms with Gasteiger partial charge in [0.15, 0.2) is 0 Å². The number of benzene rings is 2. The van der Waals surface area contributed by atoms with Gasteiger partial charge >= 0.3 is 214 Å². The van der Waals surface area contributed by atoms with Gasteiger partial charge in [0.1, 0.15) is 0 Å². The van der Waals surface area contributed by atoms with Crippen molar-refractivity contribution >= 4 is 21.8 Å². The monoisotopic (exact) mass is 685 g/mol. The normalized spacial score (nSPS) is 21.1. The Balaban J connectivity index is 2.07. The summed E-state index contributed by atoms with van der Waals surface area (Å²) in [5.74, 6) is 5.56. The SMILES string of the molecule is CCCC1=C(CC)[CH]([Hf]([CH3])([CH3])([CH]2C(CC)=C(CCC)c3ccccc32)[GeH]([CH3])[CH3])c2ccccc21. The Hall–Kier alpha value is -0.667. The summed E-state index contributed by atoms with van der Waals surface area (Å²) >= 11 is -3.60. The number of hydrogen-bond acceptors (Lipinski definition) is 0. The second kappa shape index (κ2) is 10.0. The van der Waals surface area contributed by atoms with Crippen LogP contribution in [0.2, 0.25) is 20.9 Å². The minimum atomic E-state index is -3.60. The van der Waals surface area contributed by atoms with Crippen molar-refractivity contribution in [3.05, 3.63) is 81.9 Å². The molecule has 0 fully saturated rings. The van der Waals surface area contributed by atoms with Gasteiger partial charge in [-0.2, -0.15) is 0 Å². The number of rotatable bonds is 9. The summed E-state index contributed by atoms with van der Waals surface area (Å²) in [6.07, 6.45) is 7.42. The van der Waals surface area contributed by atoms with Crippen molar-refractivity contribution in [3.63, 3.8) is 0 Å². The maximum atomic E-state index is 2.96. The fourth-order valence-corrected chi connectivity index (χ4v) is 69.4. The van der Waals surface area contributed by atoms with Crippen molar-refractivity contribution in [2.24, 2.45) is 0 Å². The molecule has 0 radical (unpaired) electrons. The molecule has 2 unspecified atom stereocenters. The topological polar surface area (TPSA) is 0 Å². The van der Waals surface area contributed by atoms with Crippen LogP contribution in [-0.2, 0) is 16.0 Å². The van der Waals surface area contributed by atoms with Crippen LogP contribution in [0.3, 0.4) is 0 Å². The zero-order valence-corrected chi connectivity index (χ0v) is 29.1. The van der Waals surface area contributed by atoms with Gasteiger partial charge < -0.3 is 0 Å². The van der Waals surface area contributed by atoms with Crippen molar-refractivity contribution in [2.75, 3.05) is 0 Å². The minimum absolute atomic E-state index is 0.736. The molecule has 0 spiro atoms. The summed E-state index contributed by atoms with van der Waals surface area (Å²) in [5, 5.41) is 0. The molecule has 2 aliphatic rings. The van der Waals surface area contributed by atoms with Crippen LogP contribution in [-0.4, -0.2) is 10.6 Å². The van der Waals surface area contributed by atoms with E-state index in [4.69, 9.17) is 0 Å². The summed E-state index contributed by atoms with van der Waals surface area (Å²) < 4.78 is 7.39. The molecule has 0 bridgehead atoms. The van der Waals surface area contributed by atoms with Crippen molar-refractivity contribution in [1.82, 2.24) is 0 Å². The molecule has 0 aliphatic heterocycles. The first-order chi connectivity index (χ1) is 16.3. The summed E-state index contributed by atoms with van der Waals surface area (Å²) in [6, 6.07) is 19.2. The van der Waals surface area contributed by atoms with E-state index >= 15 is 0 Å². The molecule has 0 saturated carbocycles. The molecular weight excluding hydrogens is 635 g/mol. The first-order valence-corrected chi connectivity index (χ1v) is 42.2. The van der Waals surface area contributed by atoms with Gasteiger partial charge in [0.05, 0.1) is 0 Å². The van der Waals surface area contributed by atoms with Crippen LogP contribution in [0.5, 0.6) is 0 Å². The molecule has 0 saturated heterocycles. The third-order valence-electron chi connectivity index (χ3n) is 10.1. The van der Waals surface area contributed by atoms with E-state index in [-0.39, 0.29) is 0 Å². The van der Waals surface area contributed by atoms with E-state index in [0.717, 1.165) is 7.35 Å². The van der Waals surface area contributed by atoms with Crippen LogP contribution in [0, 0.1) is 0 Å². The zero-order chi connectivity index (χ0) is 24.7. The molecule has 0 nitrogen and oxygen atoms in total. The summed E-state index contributed by atoms with van der Waals surface area (Å²) in [4.78, 5) is 0. The van der Waals surface area contributed by atoms with Crippen LogP contribution in [0.4, 0.5) is 0 Å². The van der Waals surface area contributed by atoms with Gasteiger partial charge in [-0.05, 0) is 0 Å². The van der Waals surface area contributed by atoms with E-state index in [1.165, 1.54) is 38.5 Å². The van der Waals surface area contributed by atoms with E-state index in [1.54, 1.807) is 33.4 Å². The molecule has 2 aliphatic carbocycles. The first kappa shape index (κ1) is 26.4. The van der Waals surface area contributed by atoms with E-state index in [0.29, 0.717) is 0 Å². The van der Waals surface area contributed by atoms with Crippen molar-refractivity contribution in [1.29, 1.82) is 0 Å². The molecule has 4 rings (SSSR count). The molecule has 0 heterocycles. The second-order valence-corrected chi connectivity index (χ2v) is 93.6. The average Bonchev–Trinajstić information content (AvgIpc) is 3.33. The molecule has 2 aromatic rings. The van der Waals surface area contributed by atoms with E-state index in [2.05, 4.69) is 97.1 Å². The van der Waals surface area contributed by atoms with Crippen LogP contribution >= 0.6 is 0 Å². The number of allylic oxidation sites excluding steroid dienone is 4. The van der Waals surface area contributed by atoms with Gasteiger partial charge in [0.2, 0.25) is 0 Å². The molecule has 183 valence electrons. The van der Waals surface area contributed by atoms with Crippen LogP contribution in [0.15, 0.2) is 59.7 Å². The van der Waals surface area contributed by atoms with Gasteiger partial charge in [0, 0.05) is 0 Å². The number of hydrogen-bond donors (Lipinski definition) is 0. The molecule has 34 heavy (non-hydrogen) atoms. The molecule has 2 atom stereocenters. The Morgan fingerprint density at radius 1 is 0.647 bits per heavy atom. The van der Waals surface area contributed by atoms with E-state index < -0.39 is 26.7 Å². The molecule has 0 N–H and O–H groups in total. The van der Waals surface area contributed by atoms with Gasteiger partial charge in [-0.25, -0.2) is 0 Å². The Bertz CT molecular complexity index is 1050. The van der Waals surface area contributed by atoms with E-state index in [9.17, 15) is 0 Å². The van der Waals surface area contributed by atoms with Crippen LogP contribution < -0.4 is 0 Å². The van der Waals surface area contributed by atoms with Gasteiger partial charge in [-0.1, -0.05) is 0 Å². The molecule has 2 heteroatoms. The average molecular weight is 683 g/mol. The third kappa shape index (κ3) is 3.78. The molecule has 0 aromatic heterocycles. The Morgan fingerprint density at radius 3 is 1.35 bits per heavy atom. The quantitative estimate of drug-likeness (QED) is 0.231. The van der Waals surface area contributed by atoms with Crippen molar-refractivity contribution in [3.8, 4) is 0 Å². The summed E-state index contributed by atoms with van der Waals surface area (Å²) in [6.45, 7) is 9.64. The standard InChI is InChI=1S/2C14H17.C2H7Ge.2CH3.Hf/c2*1-3-7-13-11(4-2)10-12-8-5-6-9-14(12)13;1-3-2;;;/h2*5-6,8-10H,3-4,7H2,1-2H3;3H,1-2H3;2*1H3;. The summed E-state index contributed by atoms with van der Waals surface area (Å²) in [5.41, 5.74) is 13.8. The van der Waals surface area contributed by atoms with Gasteiger partial charge in [-0.15, -0.1) is 0 Å². The van der Waals surface area contributed by atoms with Crippen LogP contribution in [0.25, 0.3) is 11.1 Å². The van der Waals surface area contributed by atoms with E-state index in [1.807, 2.05) is 11.1 Å². The number of fused-ring (bicyclic) bond motifs is 2.